The SMILES string of the molecule is Cn1cc(CN2CCOC[C@H]2c2ncc(-c3ccncc3)[nH]2)c2ccccc21. The third kappa shape index (κ3) is 3.10. The average molecular weight is 373 g/mol. The highest BCUT2D eigenvalue weighted by Crippen LogP contribution is 2.29. The predicted octanol–water partition coefficient (Wildman–Crippen LogP) is 3.54. The summed E-state index contributed by atoms with van der Waals surface area (Å²) in [5.41, 5.74) is 4.70. The van der Waals surface area contributed by atoms with Crippen LogP contribution in [-0.4, -0.2) is 44.2 Å². The Morgan fingerprint density at radius 3 is 2.93 bits per heavy atom. The van der Waals surface area contributed by atoms with Gasteiger partial charge in [-0.2, -0.15) is 0 Å². The maximum Gasteiger partial charge on any atom is 0.126 e. The molecule has 142 valence electrons. The van der Waals surface area contributed by atoms with Gasteiger partial charge in [0.25, 0.3) is 0 Å². The molecule has 0 bridgehead atoms. The number of aromatic amines is 1. The number of nitrogens with zero attached hydrogens (tertiary/aromatic N) is 4. The number of pyridine rings is 1. The summed E-state index contributed by atoms with van der Waals surface area (Å²) in [4.78, 5) is 14.7. The van der Waals surface area contributed by atoms with Gasteiger partial charge in [0.2, 0.25) is 0 Å². The quantitative estimate of drug-likeness (QED) is 0.594. The Morgan fingerprint density at radius 2 is 2.04 bits per heavy atom. The molecular formula is C22H23N5O. The van der Waals surface area contributed by atoms with Crippen molar-refractivity contribution in [2.24, 2.45) is 7.05 Å². The first-order valence-corrected chi connectivity index (χ1v) is 9.59. The molecule has 0 spiro atoms. The zero-order valence-electron chi connectivity index (χ0n) is 15.9. The standard InChI is InChI=1S/C22H23N5O/c1-26-13-17(18-4-2-3-5-20(18)26)14-27-10-11-28-15-21(27)22-24-12-19(25-22)16-6-8-23-9-7-16/h2-9,12-13,21H,10-11,14-15H2,1H3,(H,24,25)/t21-/m0/s1. The Kier molecular flexibility index (Phi) is 4.43. The molecule has 0 radical (unpaired) electrons. The number of para-hydroxylation sites is 1. The molecule has 4 heterocycles. The minimum atomic E-state index is 0.114. The fourth-order valence-corrected chi connectivity index (χ4v) is 4.03. The molecule has 6 heteroatoms. The van der Waals surface area contributed by atoms with Gasteiger partial charge in [-0.25, -0.2) is 4.98 Å². The lowest BCUT2D eigenvalue weighted by molar-refractivity contribution is -0.0154. The van der Waals surface area contributed by atoms with E-state index in [4.69, 9.17) is 4.74 Å². The lowest BCUT2D eigenvalue weighted by atomic mass is 10.1. The second-order valence-electron chi connectivity index (χ2n) is 7.26. The van der Waals surface area contributed by atoms with Crippen LogP contribution in [0.3, 0.4) is 0 Å². The molecule has 0 amide bonds. The minimum absolute atomic E-state index is 0.114. The molecule has 0 unspecified atom stereocenters. The van der Waals surface area contributed by atoms with Gasteiger partial charge >= 0.3 is 0 Å². The van der Waals surface area contributed by atoms with E-state index in [1.807, 2.05) is 18.3 Å². The number of aryl methyl sites for hydroxylation is 1. The first-order valence-electron chi connectivity index (χ1n) is 9.59. The number of aromatic nitrogens is 4. The molecular weight excluding hydrogens is 350 g/mol. The number of morpholine rings is 1. The van der Waals surface area contributed by atoms with Crippen LogP contribution in [0.25, 0.3) is 22.2 Å². The molecule has 1 atom stereocenters. The molecule has 0 saturated carbocycles. The Bertz CT molecular complexity index is 1080. The predicted molar refractivity (Wildman–Crippen MR) is 109 cm³/mol. The lowest BCUT2D eigenvalue weighted by Crippen LogP contribution is -2.39. The number of rotatable bonds is 4. The largest absolute Gasteiger partial charge is 0.378 e. The Hall–Kier alpha value is -2.96. The van der Waals surface area contributed by atoms with Gasteiger partial charge < -0.3 is 14.3 Å². The van der Waals surface area contributed by atoms with Gasteiger partial charge in [-0.05, 0) is 23.8 Å². The van der Waals surface area contributed by atoms with Crippen LogP contribution in [0.4, 0.5) is 0 Å². The van der Waals surface area contributed by atoms with Gasteiger partial charge in [0.05, 0.1) is 31.1 Å². The smallest absolute Gasteiger partial charge is 0.126 e. The molecule has 5 rings (SSSR count). The topological polar surface area (TPSA) is 59.0 Å². The monoisotopic (exact) mass is 373 g/mol. The maximum absolute atomic E-state index is 5.80. The van der Waals surface area contributed by atoms with Crippen molar-refractivity contribution in [2.75, 3.05) is 19.8 Å². The second kappa shape index (κ2) is 7.22. The Labute approximate surface area is 163 Å². The van der Waals surface area contributed by atoms with E-state index in [0.29, 0.717) is 6.61 Å². The third-order valence-electron chi connectivity index (χ3n) is 5.49. The van der Waals surface area contributed by atoms with E-state index in [9.17, 15) is 0 Å². The van der Waals surface area contributed by atoms with Gasteiger partial charge in [-0.1, -0.05) is 18.2 Å². The highest BCUT2D eigenvalue weighted by Gasteiger charge is 2.28. The van der Waals surface area contributed by atoms with Crippen LogP contribution in [0, 0.1) is 0 Å². The van der Waals surface area contributed by atoms with Crippen molar-refractivity contribution in [3.8, 4) is 11.3 Å². The summed E-state index contributed by atoms with van der Waals surface area (Å²) in [5.74, 6) is 0.951. The van der Waals surface area contributed by atoms with E-state index >= 15 is 0 Å². The molecule has 1 aliphatic heterocycles. The van der Waals surface area contributed by atoms with Crippen molar-refractivity contribution in [3.05, 3.63) is 72.6 Å². The summed E-state index contributed by atoms with van der Waals surface area (Å²) >= 11 is 0. The highest BCUT2D eigenvalue weighted by molar-refractivity contribution is 5.83. The Balaban J connectivity index is 1.43. The number of H-pyrrole nitrogens is 1. The Morgan fingerprint density at radius 1 is 1.18 bits per heavy atom. The molecule has 1 fully saturated rings. The van der Waals surface area contributed by atoms with E-state index in [-0.39, 0.29) is 6.04 Å². The van der Waals surface area contributed by atoms with Crippen molar-refractivity contribution < 1.29 is 4.74 Å². The number of fused-ring (bicyclic) bond motifs is 1. The average Bonchev–Trinajstić information content (AvgIpc) is 3.35. The molecule has 3 aromatic heterocycles. The number of hydrogen-bond acceptors (Lipinski definition) is 4. The number of benzene rings is 1. The molecule has 0 aliphatic carbocycles. The summed E-state index contributed by atoms with van der Waals surface area (Å²) in [7, 11) is 2.11. The lowest BCUT2D eigenvalue weighted by Gasteiger charge is -2.34. The summed E-state index contributed by atoms with van der Waals surface area (Å²) in [6.45, 7) is 3.16. The van der Waals surface area contributed by atoms with Crippen molar-refractivity contribution >= 4 is 10.9 Å². The van der Waals surface area contributed by atoms with Crippen LogP contribution in [0.2, 0.25) is 0 Å². The van der Waals surface area contributed by atoms with Crippen LogP contribution in [0.1, 0.15) is 17.4 Å². The van der Waals surface area contributed by atoms with E-state index in [1.165, 1.54) is 16.5 Å². The molecule has 6 nitrogen and oxygen atoms in total. The summed E-state index contributed by atoms with van der Waals surface area (Å²) in [6.07, 6.45) is 7.73. The fourth-order valence-electron chi connectivity index (χ4n) is 4.03. The normalized spacial score (nSPS) is 18.0. The molecule has 1 aliphatic rings. The summed E-state index contributed by atoms with van der Waals surface area (Å²) in [5, 5.41) is 1.31. The van der Waals surface area contributed by atoms with Crippen molar-refractivity contribution in [1.82, 2.24) is 24.4 Å². The molecule has 1 aromatic carbocycles. The number of imidazole rings is 1. The number of hydrogen-bond donors (Lipinski definition) is 1. The summed E-state index contributed by atoms with van der Waals surface area (Å²) < 4.78 is 8.00. The minimum Gasteiger partial charge on any atom is -0.378 e. The first-order chi connectivity index (χ1) is 13.8. The maximum atomic E-state index is 5.80. The van der Waals surface area contributed by atoms with E-state index in [2.05, 4.69) is 61.9 Å². The van der Waals surface area contributed by atoms with Gasteiger partial charge in [0.1, 0.15) is 5.82 Å². The second-order valence-corrected chi connectivity index (χ2v) is 7.26. The van der Waals surface area contributed by atoms with Crippen LogP contribution >= 0.6 is 0 Å². The molecule has 1 saturated heterocycles. The van der Waals surface area contributed by atoms with E-state index in [1.54, 1.807) is 12.4 Å². The van der Waals surface area contributed by atoms with Gasteiger partial charge in [-0.3, -0.25) is 9.88 Å². The van der Waals surface area contributed by atoms with E-state index < -0.39 is 0 Å². The van der Waals surface area contributed by atoms with Crippen molar-refractivity contribution in [1.29, 1.82) is 0 Å². The highest BCUT2D eigenvalue weighted by atomic mass is 16.5. The number of ether oxygens (including phenoxy) is 1. The first kappa shape index (κ1) is 17.2. The summed E-state index contributed by atoms with van der Waals surface area (Å²) in [6, 6.07) is 12.7. The van der Waals surface area contributed by atoms with Crippen LogP contribution < -0.4 is 0 Å². The fraction of sp³-hybridized carbons (Fsp3) is 0.273. The zero-order chi connectivity index (χ0) is 18.9. The third-order valence-corrected chi connectivity index (χ3v) is 5.49. The number of nitrogens with one attached hydrogen (secondary N) is 1. The van der Waals surface area contributed by atoms with Gasteiger partial charge in [0.15, 0.2) is 0 Å². The van der Waals surface area contributed by atoms with Crippen molar-refractivity contribution in [2.45, 2.75) is 12.6 Å². The van der Waals surface area contributed by atoms with Crippen LogP contribution in [0.5, 0.6) is 0 Å². The van der Waals surface area contributed by atoms with Gasteiger partial charge in [-0.15, -0.1) is 0 Å². The van der Waals surface area contributed by atoms with Crippen LogP contribution in [-0.2, 0) is 18.3 Å². The van der Waals surface area contributed by atoms with Crippen LogP contribution in [0.15, 0.2) is 61.2 Å². The van der Waals surface area contributed by atoms with Crippen molar-refractivity contribution in [3.63, 3.8) is 0 Å². The molecule has 4 aromatic rings. The van der Waals surface area contributed by atoms with Gasteiger partial charge in [0, 0.05) is 55.2 Å². The van der Waals surface area contributed by atoms with E-state index in [0.717, 1.165) is 36.8 Å². The zero-order valence-corrected chi connectivity index (χ0v) is 15.9. The molecule has 28 heavy (non-hydrogen) atoms. The molecule has 1 N–H and O–H groups in total.